The highest BCUT2D eigenvalue weighted by Crippen LogP contribution is 2.38. The van der Waals surface area contributed by atoms with Crippen molar-refractivity contribution in [2.24, 2.45) is 18.7 Å². The Morgan fingerprint density at radius 3 is 2.46 bits per heavy atom. The predicted octanol–water partition coefficient (Wildman–Crippen LogP) is 4.63. The van der Waals surface area contributed by atoms with E-state index in [1.807, 2.05) is 11.9 Å². The van der Waals surface area contributed by atoms with Crippen molar-refractivity contribution in [3.63, 3.8) is 0 Å². The van der Waals surface area contributed by atoms with Crippen LogP contribution in [0.2, 0.25) is 5.02 Å². The first-order chi connectivity index (χ1) is 21.9. The summed E-state index contributed by atoms with van der Waals surface area (Å²) in [6, 6.07) is 3.89. The molecular weight excluding hydrogens is 625 g/mol. The van der Waals surface area contributed by atoms with Crippen molar-refractivity contribution < 1.29 is 22.7 Å². The lowest BCUT2D eigenvalue weighted by Crippen LogP contribution is -2.44. The molecule has 46 heavy (non-hydrogen) atoms. The second kappa shape index (κ2) is 12.3. The minimum atomic E-state index is -4.54. The molecule has 1 saturated carbocycles. The molecule has 0 radical (unpaired) electrons. The maximum absolute atomic E-state index is 13.9. The Kier molecular flexibility index (Phi) is 8.37. The number of pyridine rings is 1. The molecular formula is C30H32ClF3N10O2. The zero-order chi connectivity index (χ0) is 32.7. The third-order valence-corrected chi connectivity index (χ3v) is 8.40. The number of hydrogen-bond acceptors (Lipinski definition) is 10. The molecule has 0 spiro atoms. The third-order valence-electron chi connectivity index (χ3n) is 8.04. The highest BCUT2D eigenvalue weighted by atomic mass is 35.5. The number of nitrogens with zero attached hydrogens (tertiary/aromatic N) is 8. The summed E-state index contributed by atoms with van der Waals surface area (Å²) in [6.07, 6.45) is 2.66. The maximum Gasteiger partial charge on any atom is 0.416 e. The number of halogens is 4. The molecule has 1 saturated heterocycles. The number of piperazine rings is 1. The standard InChI is InChI=1S/C30H32ClF3N10O2/c1-41-6-8-44(9-7-41)20-11-18(30(32,33)34)10-19(12-20)39-29-40-27-26(43(29)3)25(31)23(15-38-27)46-22(13-35)21-14-37-24(16-36-21)42(2)28(45)17-4-5-17/h10-17H,4-9,35H2,1-3H3,(H,38,39,40)/b22-13+. The van der Waals surface area contributed by atoms with Gasteiger partial charge in [-0.3, -0.25) is 9.69 Å². The first kappa shape index (κ1) is 31.4. The van der Waals surface area contributed by atoms with E-state index in [0.717, 1.165) is 32.0 Å². The first-order valence-electron chi connectivity index (χ1n) is 14.6. The van der Waals surface area contributed by atoms with Gasteiger partial charge in [-0.05, 0) is 38.1 Å². The van der Waals surface area contributed by atoms with Crippen molar-refractivity contribution in [1.82, 2.24) is 29.4 Å². The number of alkyl halides is 3. The molecule has 0 bridgehead atoms. The summed E-state index contributed by atoms with van der Waals surface area (Å²) in [5.41, 5.74) is 6.69. The van der Waals surface area contributed by atoms with Crippen LogP contribution in [0.1, 0.15) is 24.1 Å². The van der Waals surface area contributed by atoms with Crippen LogP contribution in [-0.2, 0) is 18.0 Å². The fourth-order valence-electron chi connectivity index (χ4n) is 5.15. The van der Waals surface area contributed by atoms with E-state index in [1.165, 1.54) is 35.8 Å². The number of imidazole rings is 1. The van der Waals surface area contributed by atoms with Crippen molar-refractivity contribution in [2.75, 3.05) is 55.4 Å². The summed E-state index contributed by atoms with van der Waals surface area (Å²) in [5.74, 6) is 0.928. The summed E-state index contributed by atoms with van der Waals surface area (Å²) >= 11 is 6.75. The average molecular weight is 657 g/mol. The Hall–Kier alpha value is -4.63. The van der Waals surface area contributed by atoms with Crippen LogP contribution in [0.5, 0.6) is 5.75 Å². The van der Waals surface area contributed by atoms with E-state index in [4.69, 9.17) is 22.1 Å². The average Bonchev–Trinajstić information content (AvgIpc) is 3.84. The number of nitrogens with one attached hydrogen (secondary N) is 1. The Labute approximate surface area is 267 Å². The Morgan fingerprint density at radius 1 is 1.09 bits per heavy atom. The van der Waals surface area contributed by atoms with Gasteiger partial charge >= 0.3 is 6.18 Å². The van der Waals surface area contributed by atoms with E-state index in [2.05, 4.69) is 30.2 Å². The molecule has 3 aromatic heterocycles. The predicted molar refractivity (Wildman–Crippen MR) is 169 cm³/mol. The molecule has 4 aromatic rings. The monoisotopic (exact) mass is 656 g/mol. The summed E-state index contributed by atoms with van der Waals surface area (Å²) in [5, 5.41) is 3.16. The minimum Gasteiger partial charge on any atom is -0.450 e. The van der Waals surface area contributed by atoms with E-state index in [9.17, 15) is 18.0 Å². The van der Waals surface area contributed by atoms with Crippen molar-refractivity contribution in [3.05, 3.63) is 59.3 Å². The summed E-state index contributed by atoms with van der Waals surface area (Å²) < 4.78 is 49.2. The Balaban J connectivity index is 1.25. The Bertz CT molecular complexity index is 1800. The van der Waals surface area contributed by atoms with Crippen molar-refractivity contribution in [2.45, 2.75) is 19.0 Å². The molecule has 1 aliphatic carbocycles. The van der Waals surface area contributed by atoms with Crippen LogP contribution in [0.15, 0.2) is 43.0 Å². The number of amides is 1. The molecule has 2 fully saturated rings. The quantitative estimate of drug-likeness (QED) is 0.259. The number of anilines is 4. The topological polar surface area (TPSA) is 131 Å². The largest absolute Gasteiger partial charge is 0.450 e. The number of aromatic nitrogens is 5. The zero-order valence-electron chi connectivity index (χ0n) is 25.3. The number of carbonyl (C=O) groups is 1. The molecule has 1 aromatic carbocycles. The van der Waals surface area contributed by atoms with Gasteiger partial charge in [0.25, 0.3) is 0 Å². The molecule has 6 rings (SSSR count). The van der Waals surface area contributed by atoms with Crippen LogP contribution in [0.25, 0.3) is 16.9 Å². The van der Waals surface area contributed by atoms with E-state index < -0.39 is 11.7 Å². The van der Waals surface area contributed by atoms with Gasteiger partial charge in [0.1, 0.15) is 16.2 Å². The normalized spacial score (nSPS) is 16.2. The number of aryl methyl sites for hydroxylation is 1. The summed E-state index contributed by atoms with van der Waals surface area (Å²) in [4.78, 5) is 35.4. The van der Waals surface area contributed by atoms with Gasteiger partial charge in [0.15, 0.2) is 23.0 Å². The van der Waals surface area contributed by atoms with Crippen molar-refractivity contribution in [1.29, 1.82) is 0 Å². The molecule has 242 valence electrons. The first-order valence-corrected chi connectivity index (χ1v) is 14.9. The maximum atomic E-state index is 13.9. The van der Waals surface area contributed by atoms with E-state index in [-0.39, 0.29) is 45.6 Å². The van der Waals surface area contributed by atoms with Crippen LogP contribution in [0.3, 0.4) is 0 Å². The number of fused-ring (bicyclic) bond motifs is 1. The smallest absolute Gasteiger partial charge is 0.416 e. The SMILES string of the molecule is CN1CCN(c2cc(Nc3nc4ncc(O/C(=C/N)c5cnc(N(C)C(=O)C6CC6)cn5)c(Cl)c4n3C)cc(C(F)(F)F)c2)CC1. The van der Waals surface area contributed by atoms with E-state index >= 15 is 0 Å². The van der Waals surface area contributed by atoms with Crippen LogP contribution < -0.4 is 25.6 Å². The molecule has 4 heterocycles. The lowest BCUT2D eigenvalue weighted by Gasteiger charge is -2.34. The molecule has 12 nitrogen and oxygen atoms in total. The minimum absolute atomic E-state index is 0.00684. The van der Waals surface area contributed by atoms with Gasteiger partial charge in [-0.2, -0.15) is 18.2 Å². The number of ether oxygens (including phenoxy) is 1. The van der Waals surface area contributed by atoms with Crippen molar-refractivity contribution >= 4 is 57.6 Å². The van der Waals surface area contributed by atoms with Gasteiger partial charge in [-0.15, -0.1) is 0 Å². The van der Waals surface area contributed by atoms with Gasteiger partial charge in [-0.1, -0.05) is 11.6 Å². The van der Waals surface area contributed by atoms with Gasteiger partial charge < -0.3 is 30.2 Å². The fourth-order valence-corrected chi connectivity index (χ4v) is 5.45. The highest BCUT2D eigenvalue weighted by Gasteiger charge is 2.34. The number of carbonyl (C=O) groups excluding carboxylic acids is 1. The summed E-state index contributed by atoms with van der Waals surface area (Å²) in [6.45, 7) is 2.71. The lowest BCUT2D eigenvalue weighted by atomic mass is 10.1. The van der Waals surface area contributed by atoms with Gasteiger partial charge in [0.05, 0.1) is 24.2 Å². The number of nitrogens with two attached hydrogens (primary N) is 1. The van der Waals surface area contributed by atoms with Crippen LogP contribution in [-0.4, -0.2) is 75.6 Å². The van der Waals surface area contributed by atoms with Crippen LogP contribution in [0.4, 0.5) is 36.3 Å². The second-order valence-corrected chi connectivity index (χ2v) is 11.7. The molecule has 2 aliphatic rings. The highest BCUT2D eigenvalue weighted by molar-refractivity contribution is 6.36. The molecule has 16 heteroatoms. The third kappa shape index (κ3) is 6.37. The fraction of sp³-hybridized carbons (Fsp3) is 0.367. The van der Waals surface area contributed by atoms with Crippen LogP contribution >= 0.6 is 11.6 Å². The van der Waals surface area contributed by atoms with Crippen molar-refractivity contribution in [3.8, 4) is 5.75 Å². The van der Waals surface area contributed by atoms with Gasteiger partial charge in [0, 0.05) is 63.8 Å². The number of likely N-dealkylation sites (N-methyl/N-ethyl adjacent to an activating group) is 1. The van der Waals surface area contributed by atoms with E-state index in [0.29, 0.717) is 35.8 Å². The molecule has 1 amide bonds. The van der Waals surface area contributed by atoms with Gasteiger partial charge in [-0.25, -0.2) is 15.0 Å². The lowest BCUT2D eigenvalue weighted by molar-refractivity contribution is -0.137. The molecule has 0 atom stereocenters. The molecule has 1 aliphatic heterocycles. The number of benzene rings is 1. The summed E-state index contributed by atoms with van der Waals surface area (Å²) in [7, 11) is 5.29. The Morgan fingerprint density at radius 2 is 1.83 bits per heavy atom. The molecule has 0 unspecified atom stereocenters. The zero-order valence-corrected chi connectivity index (χ0v) is 26.1. The molecule has 3 N–H and O–H groups in total. The van der Waals surface area contributed by atoms with Gasteiger partial charge in [0.2, 0.25) is 11.9 Å². The second-order valence-electron chi connectivity index (χ2n) is 11.3. The van der Waals surface area contributed by atoms with Crippen LogP contribution in [0, 0.1) is 5.92 Å². The number of hydrogen-bond donors (Lipinski definition) is 2. The van der Waals surface area contributed by atoms with E-state index in [1.54, 1.807) is 24.7 Å². The number of rotatable bonds is 8.